The number of carbonyl (C=O) groups excluding carboxylic acids is 1. The van der Waals surface area contributed by atoms with Gasteiger partial charge in [0.25, 0.3) is 0 Å². The fraction of sp³-hybridized carbons (Fsp3) is 0.208. The van der Waals surface area contributed by atoms with E-state index >= 15 is 0 Å². The maximum absolute atomic E-state index is 13.3. The lowest BCUT2D eigenvalue weighted by Gasteiger charge is -2.24. The highest BCUT2D eigenvalue weighted by Gasteiger charge is 2.24. The molecule has 0 aliphatic heterocycles. The number of halogens is 1. The number of anilines is 1. The predicted octanol–water partition coefficient (Wildman–Crippen LogP) is 5.69. The highest BCUT2D eigenvalue weighted by Crippen LogP contribution is 2.28. The minimum Gasteiger partial charge on any atom is -0.495 e. The van der Waals surface area contributed by atoms with Crippen molar-refractivity contribution in [2.45, 2.75) is 25.9 Å². The van der Waals surface area contributed by atoms with Gasteiger partial charge in [-0.05, 0) is 54.8 Å². The Hall–Kier alpha value is -2.82. The summed E-state index contributed by atoms with van der Waals surface area (Å²) < 4.78 is 5.40. The van der Waals surface area contributed by atoms with E-state index in [0.717, 1.165) is 16.7 Å². The molecule has 0 radical (unpaired) electrons. The van der Waals surface area contributed by atoms with E-state index in [1.807, 2.05) is 86.6 Å². The summed E-state index contributed by atoms with van der Waals surface area (Å²) in [6, 6.07) is 22.4. The number of methoxy groups -OCH3 is 1. The van der Waals surface area contributed by atoms with E-state index in [0.29, 0.717) is 16.5 Å². The summed E-state index contributed by atoms with van der Waals surface area (Å²) >= 11 is 6.00. The van der Waals surface area contributed by atoms with Crippen LogP contribution in [0.2, 0.25) is 5.02 Å². The number of benzene rings is 3. The molecule has 0 fully saturated rings. The Morgan fingerprint density at radius 2 is 1.66 bits per heavy atom. The van der Waals surface area contributed by atoms with Crippen LogP contribution in [-0.2, 0) is 4.79 Å². The van der Waals surface area contributed by atoms with E-state index in [9.17, 15) is 4.79 Å². The summed E-state index contributed by atoms with van der Waals surface area (Å²) in [6.07, 6.45) is 0. The van der Waals surface area contributed by atoms with Gasteiger partial charge in [0.15, 0.2) is 0 Å². The fourth-order valence-corrected chi connectivity index (χ4v) is 3.32. The smallest absolute Gasteiger partial charge is 0.246 e. The van der Waals surface area contributed by atoms with Crippen LogP contribution in [0.25, 0.3) is 0 Å². The fourth-order valence-electron chi connectivity index (χ4n) is 3.19. The summed E-state index contributed by atoms with van der Waals surface area (Å²) in [4.78, 5) is 13.3. The van der Waals surface area contributed by atoms with Crippen LogP contribution in [0.15, 0.2) is 72.8 Å². The second-order valence-electron chi connectivity index (χ2n) is 6.98. The van der Waals surface area contributed by atoms with Gasteiger partial charge in [-0.3, -0.25) is 10.1 Å². The topological polar surface area (TPSA) is 50.4 Å². The summed E-state index contributed by atoms with van der Waals surface area (Å²) in [5.41, 5.74) is 3.63. The molecule has 3 aromatic carbocycles. The summed E-state index contributed by atoms with van der Waals surface area (Å²) in [5, 5.41) is 7.15. The van der Waals surface area contributed by atoms with Crippen LogP contribution in [-0.4, -0.2) is 13.0 Å². The molecule has 0 unspecified atom stereocenters. The van der Waals surface area contributed by atoms with Crippen LogP contribution >= 0.6 is 11.6 Å². The van der Waals surface area contributed by atoms with Crippen molar-refractivity contribution in [3.63, 3.8) is 0 Å². The van der Waals surface area contributed by atoms with Gasteiger partial charge in [0.05, 0.1) is 12.8 Å². The minimum absolute atomic E-state index is 0.0531. The first-order chi connectivity index (χ1) is 14.0. The van der Waals surface area contributed by atoms with Crippen molar-refractivity contribution in [2.75, 3.05) is 12.4 Å². The highest BCUT2D eigenvalue weighted by molar-refractivity contribution is 6.30. The zero-order valence-corrected chi connectivity index (χ0v) is 17.5. The maximum atomic E-state index is 13.3. The monoisotopic (exact) mass is 408 g/mol. The van der Waals surface area contributed by atoms with Crippen LogP contribution < -0.4 is 15.4 Å². The number of rotatable bonds is 7. The van der Waals surface area contributed by atoms with Gasteiger partial charge < -0.3 is 10.1 Å². The largest absolute Gasteiger partial charge is 0.495 e. The molecule has 3 aromatic rings. The summed E-state index contributed by atoms with van der Waals surface area (Å²) in [7, 11) is 1.59. The van der Waals surface area contributed by atoms with Crippen LogP contribution in [0, 0.1) is 6.92 Å². The van der Waals surface area contributed by atoms with E-state index in [1.165, 1.54) is 0 Å². The second kappa shape index (κ2) is 9.59. The van der Waals surface area contributed by atoms with Gasteiger partial charge in [-0.25, -0.2) is 0 Å². The lowest BCUT2D eigenvalue weighted by molar-refractivity contribution is -0.118. The third kappa shape index (κ3) is 5.37. The minimum atomic E-state index is -0.535. The standard InChI is InChI=1S/C24H25ClN2O2/c1-16-9-14-22(29-3)21(15-16)27-24(28)23(19-7-5-4-6-8-19)26-17(2)18-10-12-20(25)13-11-18/h4-15,17,23,26H,1-3H3,(H,27,28)/t17-,23-/m1/s1. The molecule has 0 saturated carbocycles. The van der Waals surface area contributed by atoms with Crippen molar-refractivity contribution >= 4 is 23.2 Å². The predicted molar refractivity (Wildman–Crippen MR) is 119 cm³/mol. The second-order valence-corrected chi connectivity index (χ2v) is 7.41. The number of nitrogens with one attached hydrogen (secondary N) is 2. The van der Waals surface area contributed by atoms with Crippen molar-refractivity contribution in [3.8, 4) is 5.75 Å². The van der Waals surface area contributed by atoms with E-state index in [-0.39, 0.29) is 11.9 Å². The molecule has 3 rings (SSSR count). The van der Waals surface area contributed by atoms with Crippen molar-refractivity contribution in [1.29, 1.82) is 0 Å². The van der Waals surface area contributed by atoms with Crippen molar-refractivity contribution in [3.05, 3.63) is 94.5 Å². The summed E-state index contributed by atoms with van der Waals surface area (Å²) in [5.74, 6) is 0.474. The number of aryl methyl sites for hydroxylation is 1. The molecular weight excluding hydrogens is 384 g/mol. The van der Waals surface area contributed by atoms with Gasteiger partial charge >= 0.3 is 0 Å². The van der Waals surface area contributed by atoms with E-state index in [4.69, 9.17) is 16.3 Å². The average molecular weight is 409 g/mol. The van der Waals surface area contributed by atoms with E-state index in [1.54, 1.807) is 7.11 Å². The van der Waals surface area contributed by atoms with Gasteiger partial charge in [0.2, 0.25) is 5.91 Å². The van der Waals surface area contributed by atoms with Crippen LogP contribution in [0.3, 0.4) is 0 Å². The molecule has 0 heterocycles. The number of ether oxygens (including phenoxy) is 1. The lowest BCUT2D eigenvalue weighted by atomic mass is 10.0. The molecule has 5 heteroatoms. The molecule has 29 heavy (non-hydrogen) atoms. The van der Waals surface area contributed by atoms with Gasteiger partial charge in [-0.2, -0.15) is 0 Å². The Morgan fingerprint density at radius 3 is 2.31 bits per heavy atom. The van der Waals surface area contributed by atoms with Gasteiger partial charge in [0.1, 0.15) is 11.8 Å². The molecule has 1 amide bonds. The van der Waals surface area contributed by atoms with E-state index in [2.05, 4.69) is 10.6 Å². The number of amides is 1. The Bertz CT molecular complexity index is 958. The molecule has 2 atom stereocenters. The maximum Gasteiger partial charge on any atom is 0.246 e. The quantitative estimate of drug-likeness (QED) is 0.528. The van der Waals surface area contributed by atoms with Crippen molar-refractivity contribution < 1.29 is 9.53 Å². The zero-order chi connectivity index (χ0) is 20.8. The molecule has 150 valence electrons. The third-order valence-corrected chi connectivity index (χ3v) is 5.05. The normalized spacial score (nSPS) is 12.8. The molecule has 0 aliphatic rings. The van der Waals surface area contributed by atoms with Gasteiger partial charge in [-0.15, -0.1) is 0 Å². The van der Waals surface area contributed by atoms with Gasteiger partial charge in [0, 0.05) is 11.1 Å². The van der Waals surface area contributed by atoms with Gasteiger partial charge in [-0.1, -0.05) is 60.1 Å². The molecule has 0 saturated heterocycles. The SMILES string of the molecule is COc1ccc(C)cc1NC(=O)[C@H](N[C@H](C)c1ccc(Cl)cc1)c1ccccc1. The average Bonchev–Trinajstić information content (AvgIpc) is 2.73. The van der Waals surface area contributed by atoms with Crippen molar-refractivity contribution in [2.24, 2.45) is 0 Å². The zero-order valence-electron chi connectivity index (χ0n) is 16.8. The first kappa shape index (κ1) is 20.9. The number of hydrogen-bond donors (Lipinski definition) is 2. The Morgan fingerprint density at radius 1 is 0.966 bits per heavy atom. The van der Waals surface area contributed by atoms with Crippen LogP contribution in [0.5, 0.6) is 5.75 Å². The first-order valence-corrected chi connectivity index (χ1v) is 9.87. The Labute approximate surface area is 176 Å². The molecule has 0 bridgehead atoms. The van der Waals surface area contributed by atoms with Crippen LogP contribution in [0.4, 0.5) is 5.69 Å². The Balaban J connectivity index is 1.86. The molecule has 0 aromatic heterocycles. The Kier molecular flexibility index (Phi) is 6.91. The molecular formula is C24H25ClN2O2. The first-order valence-electron chi connectivity index (χ1n) is 9.50. The summed E-state index contributed by atoms with van der Waals surface area (Å²) in [6.45, 7) is 4.00. The highest BCUT2D eigenvalue weighted by atomic mass is 35.5. The van der Waals surface area contributed by atoms with E-state index < -0.39 is 6.04 Å². The molecule has 0 aliphatic carbocycles. The number of carbonyl (C=O) groups is 1. The molecule has 0 spiro atoms. The van der Waals surface area contributed by atoms with Crippen molar-refractivity contribution in [1.82, 2.24) is 5.32 Å². The third-order valence-electron chi connectivity index (χ3n) is 4.79. The lowest BCUT2D eigenvalue weighted by Crippen LogP contribution is -2.34. The molecule has 4 nitrogen and oxygen atoms in total. The number of hydrogen-bond acceptors (Lipinski definition) is 3. The van der Waals surface area contributed by atoms with Crippen LogP contribution in [0.1, 0.15) is 35.7 Å². The molecule has 2 N–H and O–H groups in total.